The lowest BCUT2D eigenvalue weighted by molar-refractivity contribution is -0.117. The summed E-state index contributed by atoms with van der Waals surface area (Å²) in [5.41, 5.74) is 4.26. The van der Waals surface area contributed by atoms with Gasteiger partial charge in [0.25, 0.3) is 0 Å². The highest BCUT2D eigenvalue weighted by atomic mass is 16.1. The van der Waals surface area contributed by atoms with Gasteiger partial charge in [-0.15, -0.1) is 0 Å². The Labute approximate surface area is 111 Å². The van der Waals surface area contributed by atoms with Crippen molar-refractivity contribution >= 4 is 5.78 Å². The number of allylic oxidation sites excluding steroid dienone is 3. The molecular weight excluding hydrogens is 220 g/mol. The molecule has 2 aliphatic rings. The van der Waals surface area contributed by atoms with Gasteiger partial charge in [0.05, 0.1) is 0 Å². The van der Waals surface area contributed by atoms with Crippen molar-refractivity contribution in [2.75, 3.05) is 0 Å². The first-order valence-electron chi connectivity index (χ1n) is 7.39. The Hall–Kier alpha value is -0.850. The average molecular weight is 246 g/mol. The summed E-state index contributed by atoms with van der Waals surface area (Å²) < 4.78 is 0. The second kappa shape index (κ2) is 5.03. The van der Waals surface area contributed by atoms with Gasteiger partial charge in [0.1, 0.15) is 0 Å². The van der Waals surface area contributed by atoms with Gasteiger partial charge < -0.3 is 0 Å². The Bertz CT molecular complexity index is 402. The summed E-state index contributed by atoms with van der Waals surface area (Å²) in [6, 6.07) is 0. The standard InChI is InChI=1S/C17H26O/c1-5-6-14-15-11-13(12(2)3)7-9-17(15,4)10-8-16(14)18/h13H,2,5-11H2,1,3-4H3/t13-,17-/m1/s1. The van der Waals surface area contributed by atoms with E-state index < -0.39 is 0 Å². The monoisotopic (exact) mass is 246 g/mol. The van der Waals surface area contributed by atoms with Crippen molar-refractivity contribution in [1.29, 1.82) is 0 Å². The third-order valence-electron chi connectivity index (χ3n) is 5.03. The molecule has 2 atom stereocenters. The quantitative estimate of drug-likeness (QED) is 0.652. The van der Waals surface area contributed by atoms with Gasteiger partial charge in [0, 0.05) is 6.42 Å². The van der Waals surface area contributed by atoms with Gasteiger partial charge in [-0.3, -0.25) is 4.79 Å². The second-order valence-electron chi connectivity index (χ2n) is 6.48. The smallest absolute Gasteiger partial charge is 0.158 e. The van der Waals surface area contributed by atoms with Crippen molar-refractivity contribution in [2.24, 2.45) is 11.3 Å². The molecule has 0 bridgehead atoms. The molecule has 0 aromatic rings. The van der Waals surface area contributed by atoms with Crippen LogP contribution in [0.25, 0.3) is 0 Å². The van der Waals surface area contributed by atoms with E-state index in [1.165, 1.54) is 29.6 Å². The van der Waals surface area contributed by atoms with Gasteiger partial charge in [-0.25, -0.2) is 0 Å². The number of hydrogen-bond donors (Lipinski definition) is 0. The predicted molar refractivity (Wildman–Crippen MR) is 76.4 cm³/mol. The van der Waals surface area contributed by atoms with Crippen molar-refractivity contribution in [3.8, 4) is 0 Å². The molecule has 0 aromatic heterocycles. The molecule has 0 N–H and O–H groups in total. The first-order valence-corrected chi connectivity index (χ1v) is 7.39. The van der Waals surface area contributed by atoms with Crippen LogP contribution in [-0.2, 0) is 4.79 Å². The van der Waals surface area contributed by atoms with Crippen LogP contribution in [0.2, 0.25) is 0 Å². The van der Waals surface area contributed by atoms with Crippen LogP contribution in [0.4, 0.5) is 0 Å². The molecule has 0 amide bonds. The fourth-order valence-corrected chi connectivity index (χ4v) is 3.67. The topological polar surface area (TPSA) is 17.1 Å². The minimum atomic E-state index is 0.310. The lowest BCUT2D eigenvalue weighted by atomic mass is 9.60. The zero-order valence-electron chi connectivity index (χ0n) is 12.1. The summed E-state index contributed by atoms with van der Waals surface area (Å²) in [7, 11) is 0. The van der Waals surface area contributed by atoms with E-state index >= 15 is 0 Å². The van der Waals surface area contributed by atoms with Crippen LogP contribution >= 0.6 is 0 Å². The van der Waals surface area contributed by atoms with Gasteiger partial charge in [0.15, 0.2) is 5.78 Å². The van der Waals surface area contributed by atoms with Crippen molar-refractivity contribution < 1.29 is 4.79 Å². The van der Waals surface area contributed by atoms with E-state index in [9.17, 15) is 4.79 Å². The highest BCUT2D eigenvalue weighted by Gasteiger charge is 2.41. The summed E-state index contributed by atoms with van der Waals surface area (Å²) in [5.74, 6) is 1.03. The van der Waals surface area contributed by atoms with E-state index in [0.717, 1.165) is 32.1 Å². The van der Waals surface area contributed by atoms with Crippen LogP contribution in [0.1, 0.15) is 65.7 Å². The predicted octanol–water partition coefficient (Wildman–Crippen LogP) is 4.83. The fourth-order valence-electron chi connectivity index (χ4n) is 3.67. The first-order chi connectivity index (χ1) is 8.48. The molecule has 0 spiro atoms. The minimum Gasteiger partial charge on any atom is -0.295 e. The lowest BCUT2D eigenvalue weighted by Gasteiger charge is -2.44. The summed E-state index contributed by atoms with van der Waals surface area (Å²) in [4.78, 5) is 12.2. The number of ketones is 1. The summed E-state index contributed by atoms with van der Waals surface area (Å²) in [6.07, 6.45) is 7.48. The van der Waals surface area contributed by atoms with Crippen LogP contribution in [-0.4, -0.2) is 5.78 Å². The number of hydrogen-bond acceptors (Lipinski definition) is 1. The third-order valence-corrected chi connectivity index (χ3v) is 5.03. The molecule has 1 heteroatoms. The number of carbonyl (C=O) groups excluding carboxylic acids is 1. The zero-order chi connectivity index (χ0) is 13.3. The third kappa shape index (κ3) is 2.32. The second-order valence-corrected chi connectivity index (χ2v) is 6.48. The molecule has 0 aromatic carbocycles. The van der Waals surface area contributed by atoms with Crippen molar-refractivity contribution in [2.45, 2.75) is 65.7 Å². The van der Waals surface area contributed by atoms with E-state index in [1.807, 2.05) is 0 Å². The molecule has 0 saturated heterocycles. The SMILES string of the molecule is C=C(C)[C@@H]1CC[C@]2(C)CCC(=O)C(CCC)=C2C1. The molecule has 100 valence electrons. The van der Waals surface area contributed by atoms with Gasteiger partial charge in [-0.2, -0.15) is 0 Å². The lowest BCUT2D eigenvalue weighted by Crippen LogP contribution is -2.34. The van der Waals surface area contributed by atoms with E-state index in [0.29, 0.717) is 17.1 Å². The number of rotatable bonds is 3. The molecule has 0 aliphatic heterocycles. The molecule has 1 nitrogen and oxygen atoms in total. The Morgan fingerprint density at radius 3 is 2.78 bits per heavy atom. The summed E-state index contributed by atoms with van der Waals surface area (Å²) in [5, 5.41) is 0. The van der Waals surface area contributed by atoms with Crippen LogP contribution in [0.15, 0.2) is 23.3 Å². The molecule has 2 rings (SSSR count). The maximum absolute atomic E-state index is 12.2. The molecule has 0 unspecified atom stereocenters. The Kier molecular flexibility index (Phi) is 3.79. The van der Waals surface area contributed by atoms with Crippen molar-refractivity contribution in [3.05, 3.63) is 23.3 Å². The highest BCUT2D eigenvalue weighted by molar-refractivity contribution is 5.97. The normalized spacial score (nSPS) is 32.4. The van der Waals surface area contributed by atoms with Gasteiger partial charge in [0.2, 0.25) is 0 Å². The van der Waals surface area contributed by atoms with E-state index in [1.54, 1.807) is 0 Å². The summed E-state index contributed by atoms with van der Waals surface area (Å²) >= 11 is 0. The molecule has 0 radical (unpaired) electrons. The average Bonchev–Trinajstić information content (AvgIpc) is 2.33. The Morgan fingerprint density at radius 2 is 2.17 bits per heavy atom. The van der Waals surface area contributed by atoms with Crippen LogP contribution in [0.3, 0.4) is 0 Å². The molecule has 2 aliphatic carbocycles. The van der Waals surface area contributed by atoms with Gasteiger partial charge in [-0.05, 0) is 55.9 Å². The highest BCUT2D eigenvalue weighted by Crippen LogP contribution is 2.51. The number of fused-ring (bicyclic) bond motifs is 1. The largest absolute Gasteiger partial charge is 0.295 e. The Morgan fingerprint density at radius 1 is 1.44 bits per heavy atom. The molecule has 1 fully saturated rings. The van der Waals surface area contributed by atoms with E-state index in [2.05, 4.69) is 27.4 Å². The fraction of sp³-hybridized carbons (Fsp3) is 0.706. The molecule has 0 heterocycles. The number of Topliss-reactive ketones (excluding diaryl/α,β-unsaturated/α-hetero) is 1. The van der Waals surface area contributed by atoms with Crippen molar-refractivity contribution in [3.63, 3.8) is 0 Å². The van der Waals surface area contributed by atoms with Crippen molar-refractivity contribution in [1.82, 2.24) is 0 Å². The van der Waals surface area contributed by atoms with E-state index in [-0.39, 0.29) is 0 Å². The van der Waals surface area contributed by atoms with Crippen LogP contribution in [0.5, 0.6) is 0 Å². The summed E-state index contributed by atoms with van der Waals surface area (Å²) in [6.45, 7) is 10.8. The molecular formula is C17H26O. The zero-order valence-corrected chi connectivity index (χ0v) is 12.1. The number of carbonyl (C=O) groups is 1. The Balaban J connectivity index is 2.37. The maximum atomic E-state index is 12.2. The van der Waals surface area contributed by atoms with E-state index in [4.69, 9.17) is 0 Å². The van der Waals surface area contributed by atoms with Gasteiger partial charge in [-0.1, -0.05) is 38.0 Å². The molecule has 1 saturated carbocycles. The minimum absolute atomic E-state index is 0.310. The molecule has 18 heavy (non-hydrogen) atoms. The van der Waals surface area contributed by atoms with Crippen LogP contribution < -0.4 is 0 Å². The first kappa shape index (κ1) is 13.6. The van der Waals surface area contributed by atoms with Gasteiger partial charge >= 0.3 is 0 Å². The van der Waals surface area contributed by atoms with Crippen LogP contribution in [0, 0.1) is 11.3 Å². The maximum Gasteiger partial charge on any atom is 0.158 e.